The fourth-order valence-corrected chi connectivity index (χ4v) is 5.00. The molecule has 1 unspecified atom stereocenters. The molecule has 1 amide bonds. The average molecular weight is 407 g/mol. The second kappa shape index (κ2) is 8.76. The molecule has 4 saturated heterocycles. The molecule has 2 bridgehead atoms. The van der Waals surface area contributed by atoms with E-state index in [0.29, 0.717) is 24.8 Å². The number of amides is 1. The van der Waals surface area contributed by atoms with Crippen molar-refractivity contribution in [1.82, 2.24) is 15.3 Å². The molecule has 1 N–H and O–H groups in total. The standard InChI is InChI=1S/C24H30N4O2/c29-24(25-27-14-16-30-17-15-27)20-6-8-22(9-7-20)28(21-4-2-1-3-5-21)23-18-26-12-10-19(23)11-13-26/h1-9,19,23H,10-18H2,(H,25,29). The van der Waals surface area contributed by atoms with Crippen molar-refractivity contribution in [2.75, 3.05) is 50.8 Å². The molecule has 6 rings (SSSR count). The largest absolute Gasteiger partial charge is 0.379 e. The van der Waals surface area contributed by atoms with Crippen molar-refractivity contribution >= 4 is 17.3 Å². The minimum absolute atomic E-state index is 0.0578. The van der Waals surface area contributed by atoms with Crippen LogP contribution in [-0.2, 0) is 4.74 Å². The number of carbonyl (C=O) groups is 1. The van der Waals surface area contributed by atoms with E-state index in [2.05, 4.69) is 57.7 Å². The first-order chi connectivity index (χ1) is 14.8. The second-order valence-electron chi connectivity index (χ2n) is 8.50. The molecular weight excluding hydrogens is 376 g/mol. The molecule has 158 valence electrons. The molecule has 6 nitrogen and oxygen atoms in total. The summed E-state index contributed by atoms with van der Waals surface area (Å²) in [5.74, 6) is 0.664. The number of ether oxygens (including phenoxy) is 1. The van der Waals surface area contributed by atoms with Crippen molar-refractivity contribution in [3.05, 3.63) is 60.2 Å². The average Bonchev–Trinajstić information content (AvgIpc) is 2.82. The van der Waals surface area contributed by atoms with Gasteiger partial charge in [0.2, 0.25) is 0 Å². The summed E-state index contributed by atoms with van der Waals surface area (Å²) in [5, 5.41) is 1.93. The molecule has 4 aliphatic rings. The van der Waals surface area contributed by atoms with Gasteiger partial charge in [-0.05, 0) is 68.2 Å². The number of carbonyl (C=O) groups excluding carboxylic acids is 1. The van der Waals surface area contributed by atoms with Gasteiger partial charge in [0.15, 0.2) is 0 Å². The number of hydrogen-bond acceptors (Lipinski definition) is 5. The SMILES string of the molecule is O=C(NN1CCOCC1)c1ccc(N(c2ccccc2)C2CN3CCC2CC3)cc1. The fraction of sp³-hybridized carbons (Fsp3) is 0.458. The first kappa shape index (κ1) is 19.5. The number of benzene rings is 2. The number of nitrogens with one attached hydrogen (secondary N) is 1. The Morgan fingerprint density at radius 3 is 2.20 bits per heavy atom. The van der Waals surface area contributed by atoms with Crippen LogP contribution in [0.1, 0.15) is 23.2 Å². The van der Waals surface area contributed by atoms with Crippen molar-refractivity contribution in [2.45, 2.75) is 18.9 Å². The van der Waals surface area contributed by atoms with Crippen LogP contribution in [0.2, 0.25) is 0 Å². The van der Waals surface area contributed by atoms with Crippen LogP contribution in [0, 0.1) is 5.92 Å². The maximum Gasteiger partial charge on any atom is 0.265 e. The van der Waals surface area contributed by atoms with Crippen LogP contribution in [0.5, 0.6) is 0 Å². The number of nitrogens with zero attached hydrogens (tertiary/aromatic N) is 3. The van der Waals surface area contributed by atoms with E-state index >= 15 is 0 Å². The van der Waals surface area contributed by atoms with Gasteiger partial charge in [-0.25, -0.2) is 5.01 Å². The van der Waals surface area contributed by atoms with E-state index in [-0.39, 0.29) is 5.91 Å². The van der Waals surface area contributed by atoms with Crippen molar-refractivity contribution in [3.8, 4) is 0 Å². The molecule has 1 atom stereocenters. The third-order valence-corrected chi connectivity index (χ3v) is 6.67. The highest BCUT2D eigenvalue weighted by Gasteiger charge is 2.38. The van der Waals surface area contributed by atoms with Gasteiger partial charge in [-0.3, -0.25) is 10.2 Å². The molecular formula is C24H30N4O2. The number of rotatable bonds is 5. The van der Waals surface area contributed by atoms with Gasteiger partial charge in [-0.1, -0.05) is 18.2 Å². The smallest absolute Gasteiger partial charge is 0.265 e. The highest BCUT2D eigenvalue weighted by molar-refractivity contribution is 5.94. The number of anilines is 2. The van der Waals surface area contributed by atoms with Gasteiger partial charge in [0.1, 0.15) is 0 Å². The minimum Gasteiger partial charge on any atom is -0.379 e. The van der Waals surface area contributed by atoms with Crippen molar-refractivity contribution in [1.29, 1.82) is 0 Å². The summed E-state index contributed by atoms with van der Waals surface area (Å²) in [6.45, 7) is 6.33. The summed E-state index contributed by atoms with van der Waals surface area (Å²) >= 11 is 0. The monoisotopic (exact) mass is 406 g/mol. The molecule has 0 aromatic heterocycles. The molecule has 0 radical (unpaired) electrons. The summed E-state index contributed by atoms with van der Waals surface area (Å²) in [7, 11) is 0. The number of piperidine rings is 3. The van der Waals surface area contributed by atoms with Crippen LogP contribution in [0.15, 0.2) is 54.6 Å². The van der Waals surface area contributed by atoms with Crippen LogP contribution in [-0.4, -0.2) is 67.8 Å². The third-order valence-electron chi connectivity index (χ3n) is 6.67. The summed E-state index contributed by atoms with van der Waals surface area (Å²) in [5.41, 5.74) is 6.06. The lowest BCUT2D eigenvalue weighted by molar-refractivity contribution is 0.0126. The molecule has 2 aromatic carbocycles. The van der Waals surface area contributed by atoms with Gasteiger partial charge < -0.3 is 14.5 Å². The Bertz CT molecular complexity index is 843. The van der Waals surface area contributed by atoms with Crippen LogP contribution >= 0.6 is 0 Å². The predicted octanol–water partition coefficient (Wildman–Crippen LogP) is 2.90. The predicted molar refractivity (Wildman–Crippen MR) is 118 cm³/mol. The fourth-order valence-electron chi connectivity index (χ4n) is 5.00. The quantitative estimate of drug-likeness (QED) is 0.827. The number of hydrogen-bond donors (Lipinski definition) is 1. The molecule has 4 aliphatic heterocycles. The topological polar surface area (TPSA) is 48.1 Å². The molecule has 0 saturated carbocycles. The van der Waals surface area contributed by atoms with Gasteiger partial charge >= 0.3 is 0 Å². The van der Waals surface area contributed by atoms with E-state index in [9.17, 15) is 4.79 Å². The Hall–Kier alpha value is -2.41. The van der Waals surface area contributed by atoms with E-state index in [0.717, 1.165) is 31.2 Å². The Kier molecular flexibility index (Phi) is 5.71. The molecule has 30 heavy (non-hydrogen) atoms. The number of para-hydroxylation sites is 1. The van der Waals surface area contributed by atoms with Crippen LogP contribution in [0.25, 0.3) is 0 Å². The normalized spacial score (nSPS) is 26.3. The zero-order valence-electron chi connectivity index (χ0n) is 17.4. The lowest BCUT2D eigenvalue weighted by atomic mass is 9.82. The van der Waals surface area contributed by atoms with Gasteiger partial charge in [0.05, 0.1) is 13.2 Å². The molecule has 0 spiro atoms. The van der Waals surface area contributed by atoms with E-state index in [1.165, 1.54) is 31.6 Å². The van der Waals surface area contributed by atoms with Crippen LogP contribution in [0.3, 0.4) is 0 Å². The Labute approximate surface area is 178 Å². The first-order valence-electron chi connectivity index (χ1n) is 11.1. The van der Waals surface area contributed by atoms with E-state index in [1.54, 1.807) is 0 Å². The van der Waals surface area contributed by atoms with Gasteiger partial charge in [-0.15, -0.1) is 0 Å². The number of hydrazine groups is 1. The van der Waals surface area contributed by atoms with Crippen molar-refractivity contribution in [2.24, 2.45) is 5.92 Å². The number of fused-ring (bicyclic) bond motifs is 3. The van der Waals surface area contributed by atoms with Gasteiger partial charge in [0.25, 0.3) is 5.91 Å². The van der Waals surface area contributed by atoms with Gasteiger partial charge in [-0.2, -0.15) is 0 Å². The van der Waals surface area contributed by atoms with Crippen molar-refractivity contribution < 1.29 is 9.53 Å². The molecule has 0 aliphatic carbocycles. The minimum atomic E-state index is -0.0578. The zero-order chi connectivity index (χ0) is 20.3. The van der Waals surface area contributed by atoms with E-state index in [1.807, 2.05) is 17.1 Å². The maximum absolute atomic E-state index is 12.7. The Morgan fingerprint density at radius 2 is 1.57 bits per heavy atom. The highest BCUT2D eigenvalue weighted by atomic mass is 16.5. The lowest BCUT2D eigenvalue weighted by Gasteiger charge is -2.49. The summed E-state index contributed by atoms with van der Waals surface area (Å²) < 4.78 is 5.35. The van der Waals surface area contributed by atoms with Crippen LogP contribution in [0.4, 0.5) is 11.4 Å². The molecule has 4 fully saturated rings. The third kappa shape index (κ3) is 4.08. The Balaban J connectivity index is 1.37. The second-order valence-corrected chi connectivity index (χ2v) is 8.50. The Morgan fingerprint density at radius 1 is 0.900 bits per heavy atom. The summed E-state index contributed by atoms with van der Waals surface area (Å²) in [6, 6.07) is 19.2. The van der Waals surface area contributed by atoms with E-state index in [4.69, 9.17) is 4.74 Å². The molecule has 6 heteroatoms. The van der Waals surface area contributed by atoms with E-state index < -0.39 is 0 Å². The summed E-state index contributed by atoms with van der Waals surface area (Å²) in [4.78, 5) is 17.7. The number of morpholine rings is 1. The van der Waals surface area contributed by atoms with Crippen molar-refractivity contribution in [3.63, 3.8) is 0 Å². The molecule has 2 aromatic rings. The maximum atomic E-state index is 12.7. The lowest BCUT2D eigenvalue weighted by Crippen LogP contribution is -2.56. The molecule has 4 heterocycles. The van der Waals surface area contributed by atoms with Crippen LogP contribution < -0.4 is 10.3 Å². The van der Waals surface area contributed by atoms with Gasteiger partial charge in [0, 0.05) is 42.6 Å². The zero-order valence-corrected chi connectivity index (χ0v) is 17.4. The first-order valence-corrected chi connectivity index (χ1v) is 11.1. The highest BCUT2D eigenvalue weighted by Crippen LogP contribution is 2.38. The summed E-state index contributed by atoms with van der Waals surface area (Å²) in [6.07, 6.45) is 2.54.